The fourth-order valence-corrected chi connectivity index (χ4v) is 2.40. The molecule has 0 atom stereocenters. The molecule has 2 aromatic rings. The van der Waals surface area contributed by atoms with E-state index in [1.165, 1.54) is 17.4 Å². The summed E-state index contributed by atoms with van der Waals surface area (Å²) in [6.45, 7) is 3.52. The molecule has 78 valence electrons. The lowest BCUT2D eigenvalue weighted by atomic mass is 10.1. The Morgan fingerprint density at radius 3 is 2.67 bits per heavy atom. The molecule has 1 N–H and O–H groups in total. The van der Waals surface area contributed by atoms with E-state index in [0.717, 1.165) is 10.4 Å². The highest BCUT2D eigenvalue weighted by Crippen LogP contribution is 2.32. The largest absolute Gasteiger partial charge is 0.507 e. The minimum atomic E-state index is -0.488. The van der Waals surface area contributed by atoms with Crippen LogP contribution in [0, 0.1) is 13.8 Å². The van der Waals surface area contributed by atoms with E-state index in [2.05, 4.69) is 0 Å². The molecule has 2 aromatic heterocycles. The SMILES string of the molecule is Cc1cc(O)c(-c2sccc2C)c(=O)o1. The van der Waals surface area contributed by atoms with Crippen LogP contribution in [0.1, 0.15) is 11.3 Å². The van der Waals surface area contributed by atoms with Gasteiger partial charge in [0.25, 0.3) is 0 Å². The van der Waals surface area contributed by atoms with Crippen molar-refractivity contribution in [3.05, 3.63) is 39.3 Å². The average molecular weight is 222 g/mol. The molecule has 0 bridgehead atoms. The molecule has 3 nitrogen and oxygen atoms in total. The van der Waals surface area contributed by atoms with E-state index in [4.69, 9.17) is 4.42 Å². The zero-order valence-corrected chi connectivity index (χ0v) is 9.22. The molecule has 0 spiro atoms. The number of hydrogen-bond donors (Lipinski definition) is 1. The summed E-state index contributed by atoms with van der Waals surface area (Å²) in [6.07, 6.45) is 0. The van der Waals surface area contributed by atoms with Crippen LogP contribution in [0.4, 0.5) is 0 Å². The van der Waals surface area contributed by atoms with Crippen molar-refractivity contribution in [1.82, 2.24) is 0 Å². The third kappa shape index (κ3) is 1.68. The number of aryl methyl sites for hydroxylation is 2. The van der Waals surface area contributed by atoms with Crippen molar-refractivity contribution in [2.24, 2.45) is 0 Å². The topological polar surface area (TPSA) is 50.4 Å². The van der Waals surface area contributed by atoms with E-state index >= 15 is 0 Å². The molecule has 0 saturated heterocycles. The monoisotopic (exact) mass is 222 g/mol. The summed E-state index contributed by atoms with van der Waals surface area (Å²) >= 11 is 1.42. The van der Waals surface area contributed by atoms with Crippen LogP contribution in [-0.2, 0) is 0 Å². The Kier molecular flexibility index (Phi) is 2.36. The van der Waals surface area contributed by atoms with Crippen LogP contribution in [0.3, 0.4) is 0 Å². The van der Waals surface area contributed by atoms with Crippen LogP contribution in [0.25, 0.3) is 10.4 Å². The highest BCUT2D eigenvalue weighted by molar-refractivity contribution is 7.13. The molecular formula is C11H10O3S. The first-order chi connectivity index (χ1) is 7.09. The molecule has 0 aliphatic rings. The summed E-state index contributed by atoms with van der Waals surface area (Å²) in [5.41, 5.74) is 0.734. The summed E-state index contributed by atoms with van der Waals surface area (Å²) < 4.78 is 4.96. The highest BCUT2D eigenvalue weighted by atomic mass is 32.1. The Morgan fingerprint density at radius 1 is 1.40 bits per heavy atom. The fraction of sp³-hybridized carbons (Fsp3) is 0.182. The normalized spacial score (nSPS) is 10.5. The van der Waals surface area contributed by atoms with Crippen molar-refractivity contribution in [3.63, 3.8) is 0 Å². The summed E-state index contributed by atoms with van der Waals surface area (Å²) in [7, 11) is 0. The van der Waals surface area contributed by atoms with Crippen molar-refractivity contribution in [3.8, 4) is 16.2 Å². The molecule has 0 aliphatic carbocycles. The van der Waals surface area contributed by atoms with E-state index in [-0.39, 0.29) is 11.3 Å². The smallest absolute Gasteiger partial charge is 0.348 e. The number of aromatic hydroxyl groups is 1. The van der Waals surface area contributed by atoms with Crippen LogP contribution in [-0.4, -0.2) is 5.11 Å². The Morgan fingerprint density at radius 2 is 2.13 bits per heavy atom. The van der Waals surface area contributed by atoms with Gasteiger partial charge in [0.05, 0.1) is 0 Å². The van der Waals surface area contributed by atoms with Crippen LogP contribution in [0.15, 0.2) is 26.7 Å². The Hall–Kier alpha value is -1.55. The summed E-state index contributed by atoms with van der Waals surface area (Å²) in [5, 5.41) is 11.6. The van der Waals surface area contributed by atoms with Crippen molar-refractivity contribution in [2.45, 2.75) is 13.8 Å². The van der Waals surface area contributed by atoms with E-state index in [0.29, 0.717) is 5.76 Å². The molecule has 0 amide bonds. The van der Waals surface area contributed by atoms with Gasteiger partial charge in [-0.15, -0.1) is 11.3 Å². The quantitative estimate of drug-likeness (QED) is 0.807. The minimum Gasteiger partial charge on any atom is -0.507 e. The maximum atomic E-state index is 11.6. The van der Waals surface area contributed by atoms with Gasteiger partial charge in [0.2, 0.25) is 0 Å². The van der Waals surface area contributed by atoms with Crippen molar-refractivity contribution in [2.75, 3.05) is 0 Å². The average Bonchev–Trinajstić information content (AvgIpc) is 2.50. The van der Waals surface area contributed by atoms with Gasteiger partial charge in [-0.3, -0.25) is 0 Å². The van der Waals surface area contributed by atoms with E-state index in [1.807, 2.05) is 18.4 Å². The van der Waals surface area contributed by atoms with Crippen LogP contribution >= 0.6 is 11.3 Å². The van der Waals surface area contributed by atoms with Gasteiger partial charge in [-0.25, -0.2) is 4.79 Å². The van der Waals surface area contributed by atoms with Crippen molar-refractivity contribution in [1.29, 1.82) is 0 Å². The van der Waals surface area contributed by atoms with Gasteiger partial charge in [-0.2, -0.15) is 0 Å². The molecule has 4 heteroatoms. The number of thiophene rings is 1. The second-order valence-corrected chi connectivity index (χ2v) is 4.25. The number of rotatable bonds is 1. The van der Waals surface area contributed by atoms with Crippen LogP contribution in [0.5, 0.6) is 5.75 Å². The highest BCUT2D eigenvalue weighted by Gasteiger charge is 2.14. The molecule has 0 radical (unpaired) electrons. The molecule has 0 saturated carbocycles. The predicted octanol–water partition coefficient (Wildman–Crippen LogP) is 2.69. The third-order valence-corrected chi connectivity index (χ3v) is 3.18. The standard InChI is InChI=1S/C11H10O3S/c1-6-3-4-15-10(6)9-8(12)5-7(2)14-11(9)13/h3-5,12H,1-2H3. The first-order valence-electron chi connectivity index (χ1n) is 4.48. The Bertz CT molecular complexity index is 551. The van der Waals surface area contributed by atoms with Gasteiger partial charge >= 0.3 is 5.63 Å². The molecule has 0 fully saturated rings. The first-order valence-corrected chi connectivity index (χ1v) is 5.35. The molecular weight excluding hydrogens is 212 g/mol. The van der Waals surface area contributed by atoms with Crippen molar-refractivity contribution < 1.29 is 9.52 Å². The molecule has 2 rings (SSSR count). The van der Waals surface area contributed by atoms with Gasteiger partial charge in [-0.05, 0) is 30.9 Å². The lowest BCUT2D eigenvalue weighted by Crippen LogP contribution is -2.03. The summed E-state index contributed by atoms with van der Waals surface area (Å²) in [6, 6.07) is 3.36. The second-order valence-electron chi connectivity index (χ2n) is 3.34. The molecule has 15 heavy (non-hydrogen) atoms. The zero-order chi connectivity index (χ0) is 11.0. The number of hydrogen-bond acceptors (Lipinski definition) is 4. The third-order valence-electron chi connectivity index (χ3n) is 2.14. The van der Waals surface area contributed by atoms with Crippen molar-refractivity contribution >= 4 is 11.3 Å². The van der Waals surface area contributed by atoms with E-state index in [1.54, 1.807) is 6.92 Å². The predicted molar refractivity (Wildman–Crippen MR) is 59.4 cm³/mol. The molecule has 2 heterocycles. The van der Waals surface area contributed by atoms with E-state index < -0.39 is 5.63 Å². The maximum absolute atomic E-state index is 11.6. The molecule has 0 aromatic carbocycles. The van der Waals surface area contributed by atoms with E-state index in [9.17, 15) is 9.90 Å². The lowest BCUT2D eigenvalue weighted by molar-refractivity contribution is 0.438. The molecule has 0 unspecified atom stereocenters. The van der Waals surface area contributed by atoms with Gasteiger partial charge in [0.1, 0.15) is 17.1 Å². The van der Waals surface area contributed by atoms with Gasteiger partial charge < -0.3 is 9.52 Å². The van der Waals surface area contributed by atoms with Gasteiger partial charge in [-0.1, -0.05) is 0 Å². The van der Waals surface area contributed by atoms with Crippen LogP contribution in [0.2, 0.25) is 0 Å². The summed E-state index contributed by atoms with van der Waals surface area (Å²) in [5.74, 6) is 0.393. The Balaban J connectivity index is 2.74. The first kappa shape index (κ1) is 9.98. The second kappa shape index (κ2) is 3.55. The van der Waals surface area contributed by atoms with Crippen LogP contribution < -0.4 is 5.63 Å². The minimum absolute atomic E-state index is 0.0192. The summed E-state index contributed by atoms with van der Waals surface area (Å²) in [4.78, 5) is 12.4. The Labute approximate surface area is 90.6 Å². The fourth-order valence-electron chi connectivity index (χ4n) is 1.43. The lowest BCUT2D eigenvalue weighted by Gasteiger charge is -2.02. The van der Waals surface area contributed by atoms with Gasteiger partial charge in [0, 0.05) is 10.9 Å². The van der Waals surface area contributed by atoms with Gasteiger partial charge in [0.15, 0.2) is 0 Å². The molecule has 0 aliphatic heterocycles. The maximum Gasteiger partial charge on any atom is 0.348 e. The zero-order valence-electron chi connectivity index (χ0n) is 8.40.